The third kappa shape index (κ3) is 4.89. The zero-order valence-corrected chi connectivity index (χ0v) is 11.9. The Hall–Kier alpha value is -1.58. The van der Waals surface area contributed by atoms with Crippen LogP contribution in [0.5, 0.6) is 5.75 Å². The smallest absolute Gasteiger partial charge is 0.154 e. The standard InChI is InChI=1S/C13H17NO4S/c1-17-6-3-7-19(15,16)10-11-4-5-12(9-14)13(8-11)18-2/h4-5,8H,3,6-7,10H2,1-2H3. The average Bonchev–Trinajstić information content (AvgIpc) is 2.38. The van der Waals surface area contributed by atoms with E-state index in [-0.39, 0.29) is 11.5 Å². The van der Waals surface area contributed by atoms with E-state index in [1.807, 2.05) is 6.07 Å². The van der Waals surface area contributed by atoms with Gasteiger partial charge in [0.1, 0.15) is 11.8 Å². The molecule has 0 saturated carbocycles. The van der Waals surface area contributed by atoms with Crippen LogP contribution < -0.4 is 4.74 Å². The summed E-state index contributed by atoms with van der Waals surface area (Å²) in [6.45, 7) is 0.427. The van der Waals surface area contributed by atoms with Crippen molar-refractivity contribution in [3.63, 3.8) is 0 Å². The van der Waals surface area contributed by atoms with Gasteiger partial charge in [-0.05, 0) is 24.1 Å². The van der Waals surface area contributed by atoms with E-state index in [1.165, 1.54) is 14.2 Å². The molecular formula is C13H17NO4S. The summed E-state index contributed by atoms with van der Waals surface area (Å²) in [6.07, 6.45) is 0.478. The minimum atomic E-state index is -3.17. The molecule has 5 nitrogen and oxygen atoms in total. The Morgan fingerprint density at radius 1 is 1.32 bits per heavy atom. The largest absolute Gasteiger partial charge is 0.495 e. The number of sulfone groups is 1. The second-order valence-electron chi connectivity index (χ2n) is 4.08. The van der Waals surface area contributed by atoms with Crippen LogP contribution in [0.2, 0.25) is 0 Å². The summed E-state index contributed by atoms with van der Waals surface area (Å²) >= 11 is 0. The van der Waals surface area contributed by atoms with E-state index in [0.717, 1.165) is 0 Å². The predicted molar refractivity (Wildman–Crippen MR) is 71.7 cm³/mol. The summed E-state index contributed by atoms with van der Waals surface area (Å²) in [5.74, 6) is 0.425. The first kappa shape index (κ1) is 15.5. The van der Waals surface area contributed by atoms with Crippen molar-refractivity contribution in [3.05, 3.63) is 29.3 Å². The Bertz CT molecular complexity index is 560. The van der Waals surface area contributed by atoms with Crippen molar-refractivity contribution in [2.75, 3.05) is 26.6 Å². The summed E-state index contributed by atoms with van der Waals surface area (Å²) in [5, 5.41) is 8.85. The van der Waals surface area contributed by atoms with Crippen molar-refractivity contribution in [2.24, 2.45) is 0 Å². The minimum absolute atomic E-state index is 0.0568. The van der Waals surface area contributed by atoms with Crippen LogP contribution in [0.1, 0.15) is 17.5 Å². The van der Waals surface area contributed by atoms with Crippen molar-refractivity contribution in [1.82, 2.24) is 0 Å². The van der Waals surface area contributed by atoms with E-state index in [9.17, 15) is 8.42 Å². The highest BCUT2D eigenvalue weighted by molar-refractivity contribution is 7.90. The van der Waals surface area contributed by atoms with Gasteiger partial charge in [-0.1, -0.05) is 6.07 Å². The van der Waals surface area contributed by atoms with Gasteiger partial charge in [0.15, 0.2) is 9.84 Å². The molecule has 0 atom stereocenters. The number of nitriles is 1. The van der Waals surface area contributed by atoms with E-state index in [1.54, 1.807) is 18.2 Å². The molecule has 0 saturated heterocycles. The van der Waals surface area contributed by atoms with Crippen molar-refractivity contribution < 1.29 is 17.9 Å². The van der Waals surface area contributed by atoms with Crippen LogP contribution in [0.3, 0.4) is 0 Å². The third-order valence-corrected chi connectivity index (χ3v) is 4.26. The molecule has 0 amide bonds. The highest BCUT2D eigenvalue weighted by atomic mass is 32.2. The second-order valence-corrected chi connectivity index (χ2v) is 6.27. The molecule has 0 fully saturated rings. The molecular weight excluding hydrogens is 266 g/mol. The van der Waals surface area contributed by atoms with Gasteiger partial charge in [-0.2, -0.15) is 5.26 Å². The topological polar surface area (TPSA) is 76.4 Å². The van der Waals surface area contributed by atoms with Crippen LogP contribution >= 0.6 is 0 Å². The van der Waals surface area contributed by atoms with Crippen LogP contribution in [0.4, 0.5) is 0 Å². The molecule has 0 aromatic heterocycles. The highest BCUT2D eigenvalue weighted by Gasteiger charge is 2.13. The van der Waals surface area contributed by atoms with Crippen LogP contribution in [0.15, 0.2) is 18.2 Å². The molecule has 1 aromatic carbocycles. The third-order valence-electron chi connectivity index (χ3n) is 2.58. The lowest BCUT2D eigenvalue weighted by atomic mass is 10.1. The molecule has 0 heterocycles. The Labute approximate surface area is 113 Å². The van der Waals surface area contributed by atoms with Gasteiger partial charge in [0.2, 0.25) is 0 Å². The molecule has 0 N–H and O–H groups in total. The van der Waals surface area contributed by atoms with Crippen molar-refractivity contribution in [2.45, 2.75) is 12.2 Å². The van der Waals surface area contributed by atoms with Gasteiger partial charge >= 0.3 is 0 Å². The van der Waals surface area contributed by atoms with Gasteiger partial charge in [-0.15, -0.1) is 0 Å². The fourth-order valence-corrected chi connectivity index (χ4v) is 3.06. The zero-order chi connectivity index (χ0) is 14.3. The summed E-state index contributed by atoms with van der Waals surface area (Å²) in [4.78, 5) is 0. The fourth-order valence-electron chi connectivity index (χ4n) is 1.67. The van der Waals surface area contributed by atoms with E-state index < -0.39 is 9.84 Å². The van der Waals surface area contributed by atoms with Gasteiger partial charge < -0.3 is 9.47 Å². The number of rotatable bonds is 7. The first-order chi connectivity index (χ1) is 9.02. The van der Waals surface area contributed by atoms with E-state index >= 15 is 0 Å². The first-order valence-electron chi connectivity index (χ1n) is 5.79. The minimum Gasteiger partial charge on any atom is -0.495 e. The van der Waals surface area contributed by atoms with Crippen LogP contribution in [-0.2, 0) is 20.3 Å². The van der Waals surface area contributed by atoms with Crippen LogP contribution in [-0.4, -0.2) is 35.0 Å². The Morgan fingerprint density at radius 3 is 2.63 bits per heavy atom. The van der Waals surface area contributed by atoms with Gasteiger partial charge in [0.25, 0.3) is 0 Å². The molecule has 0 radical (unpaired) electrons. The maximum atomic E-state index is 11.9. The normalized spacial score (nSPS) is 11.0. The van der Waals surface area contributed by atoms with Gasteiger partial charge in [-0.3, -0.25) is 0 Å². The molecule has 0 aliphatic carbocycles. The Kier molecular flexibility index (Phi) is 5.80. The molecule has 0 unspecified atom stereocenters. The van der Waals surface area contributed by atoms with Crippen LogP contribution in [0.25, 0.3) is 0 Å². The molecule has 0 aliphatic rings. The van der Waals surface area contributed by atoms with E-state index in [2.05, 4.69) is 0 Å². The summed E-state index contributed by atoms with van der Waals surface area (Å²) < 4.78 is 33.6. The molecule has 0 spiro atoms. The molecule has 19 heavy (non-hydrogen) atoms. The molecule has 6 heteroatoms. The number of hydrogen-bond acceptors (Lipinski definition) is 5. The fraction of sp³-hybridized carbons (Fsp3) is 0.462. The first-order valence-corrected chi connectivity index (χ1v) is 7.61. The maximum Gasteiger partial charge on any atom is 0.154 e. The molecule has 0 bridgehead atoms. The SMILES string of the molecule is COCCCS(=O)(=O)Cc1ccc(C#N)c(OC)c1. The number of methoxy groups -OCH3 is 2. The lowest BCUT2D eigenvalue weighted by Crippen LogP contribution is -2.11. The Morgan fingerprint density at radius 2 is 2.05 bits per heavy atom. The van der Waals surface area contributed by atoms with Crippen LogP contribution in [0, 0.1) is 11.3 Å². The molecule has 0 aliphatic heterocycles. The average molecular weight is 283 g/mol. The molecule has 1 rings (SSSR count). The van der Waals surface area contributed by atoms with Crippen molar-refractivity contribution in [1.29, 1.82) is 5.26 Å². The zero-order valence-electron chi connectivity index (χ0n) is 11.0. The predicted octanol–water partition coefficient (Wildman–Crippen LogP) is 1.52. The Balaban J connectivity index is 2.80. The maximum absolute atomic E-state index is 11.9. The number of ether oxygens (including phenoxy) is 2. The highest BCUT2D eigenvalue weighted by Crippen LogP contribution is 2.20. The monoisotopic (exact) mass is 283 g/mol. The lowest BCUT2D eigenvalue weighted by Gasteiger charge is -2.07. The van der Waals surface area contributed by atoms with E-state index in [0.29, 0.717) is 29.9 Å². The van der Waals surface area contributed by atoms with E-state index in [4.69, 9.17) is 14.7 Å². The van der Waals surface area contributed by atoms with Gasteiger partial charge in [-0.25, -0.2) is 8.42 Å². The van der Waals surface area contributed by atoms with Crippen molar-refractivity contribution in [3.8, 4) is 11.8 Å². The molecule has 104 valence electrons. The lowest BCUT2D eigenvalue weighted by molar-refractivity contribution is 0.199. The van der Waals surface area contributed by atoms with Gasteiger partial charge in [0, 0.05) is 13.7 Å². The van der Waals surface area contributed by atoms with Crippen molar-refractivity contribution >= 4 is 9.84 Å². The number of hydrogen-bond donors (Lipinski definition) is 0. The molecule has 1 aromatic rings. The van der Waals surface area contributed by atoms with Gasteiger partial charge in [0.05, 0.1) is 24.2 Å². The summed E-state index contributed by atoms with van der Waals surface area (Å²) in [7, 11) is -0.179. The summed E-state index contributed by atoms with van der Waals surface area (Å²) in [5.41, 5.74) is 1.01. The quantitative estimate of drug-likeness (QED) is 0.709. The summed E-state index contributed by atoms with van der Waals surface area (Å²) in [6, 6.07) is 6.78. The number of benzene rings is 1. The number of nitrogens with zero attached hydrogens (tertiary/aromatic N) is 1. The second kappa shape index (κ2) is 7.12.